The molecular formula is C15H11ClF3NO. The molecule has 0 spiro atoms. The van der Waals surface area contributed by atoms with Gasteiger partial charge >= 0.3 is 6.18 Å². The molecule has 2 aromatic carbocycles. The lowest BCUT2D eigenvalue weighted by molar-refractivity contribution is -0.137. The van der Waals surface area contributed by atoms with E-state index in [0.717, 1.165) is 17.7 Å². The van der Waals surface area contributed by atoms with E-state index in [0.29, 0.717) is 5.56 Å². The van der Waals surface area contributed by atoms with Gasteiger partial charge in [-0.25, -0.2) is 0 Å². The fourth-order valence-electron chi connectivity index (χ4n) is 1.81. The van der Waals surface area contributed by atoms with Crippen LogP contribution in [0.25, 0.3) is 0 Å². The first-order chi connectivity index (χ1) is 9.77. The fraction of sp³-hybridized carbons (Fsp3) is 0.133. The topological polar surface area (TPSA) is 29.1 Å². The van der Waals surface area contributed by atoms with E-state index < -0.39 is 22.7 Å². The molecule has 0 aliphatic carbocycles. The number of halogens is 4. The van der Waals surface area contributed by atoms with Crippen LogP contribution in [-0.4, -0.2) is 5.91 Å². The molecule has 0 aliphatic heterocycles. The first-order valence-electron chi connectivity index (χ1n) is 6.02. The Morgan fingerprint density at radius 1 is 1.14 bits per heavy atom. The Morgan fingerprint density at radius 2 is 1.86 bits per heavy atom. The van der Waals surface area contributed by atoms with Crippen LogP contribution in [0.2, 0.25) is 5.02 Å². The van der Waals surface area contributed by atoms with Crippen LogP contribution in [0.5, 0.6) is 0 Å². The minimum Gasteiger partial charge on any atom is -0.322 e. The summed E-state index contributed by atoms with van der Waals surface area (Å²) in [6.07, 6.45) is -4.57. The van der Waals surface area contributed by atoms with E-state index in [-0.39, 0.29) is 5.69 Å². The largest absolute Gasteiger partial charge is 0.417 e. The van der Waals surface area contributed by atoms with Gasteiger partial charge in [-0.15, -0.1) is 0 Å². The minimum absolute atomic E-state index is 0.0400. The zero-order valence-corrected chi connectivity index (χ0v) is 11.7. The van der Waals surface area contributed by atoms with Crippen molar-refractivity contribution in [3.63, 3.8) is 0 Å². The average molecular weight is 314 g/mol. The molecule has 21 heavy (non-hydrogen) atoms. The standard InChI is InChI=1S/C15H11ClF3NO/c1-9-3-2-4-10(7-9)14(21)20-11-5-6-13(16)12(8-11)15(17,18)19/h2-8H,1H3,(H,20,21). The van der Waals surface area contributed by atoms with Crippen molar-refractivity contribution in [2.45, 2.75) is 13.1 Å². The van der Waals surface area contributed by atoms with Crippen molar-refractivity contribution < 1.29 is 18.0 Å². The summed E-state index contributed by atoms with van der Waals surface area (Å²) < 4.78 is 38.2. The quantitative estimate of drug-likeness (QED) is 0.837. The second-order valence-electron chi connectivity index (χ2n) is 4.52. The van der Waals surface area contributed by atoms with Crippen LogP contribution in [0.3, 0.4) is 0 Å². The van der Waals surface area contributed by atoms with Gasteiger partial charge in [-0.2, -0.15) is 13.2 Å². The van der Waals surface area contributed by atoms with Crippen LogP contribution < -0.4 is 5.32 Å². The Balaban J connectivity index is 2.26. The zero-order chi connectivity index (χ0) is 15.6. The number of carbonyl (C=O) groups is 1. The van der Waals surface area contributed by atoms with Gasteiger partial charge < -0.3 is 5.32 Å². The number of nitrogens with one attached hydrogen (secondary N) is 1. The molecule has 0 atom stereocenters. The number of alkyl halides is 3. The lowest BCUT2D eigenvalue weighted by atomic mass is 10.1. The maximum Gasteiger partial charge on any atom is 0.417 e. The molecule has 0 heterocycles. The Morgan fingerprint density at radius 3 is 2.48 bits per heavy atom. The highest BCUT2D eigenvalue weighted by Gasteiger charge is 2.33. The predicted molar refractivity (Wildman–Crippen MR) is 75.6 cm³/mol. The summed E-state index contributed by atoms with van der Waals surface area (Å²) in [6.45, 7) is 1.82. The monoisotopic (exact) mass is 313 g/mol. The molecule has 0 saturated carbocycles. The van der Waals surface area contributed by atoms with Crippen LogP contribution in [-0.2, 0) is 6.18 Å². The predicted octanol–water partition coefficient (Wildman–Crippen LogP) is 4.92. The molecule has 0 aliphatic rings. The smallest absolute Gasteiger partial charge is 0.322 e. The van der Waals surface area contributed by atoms with Gasteiger partial charge in [0.15, 0.2) is 0 Å². The van der Waals surface area contributed by atoms with Gasteiger partial charge in [-0.1, -0.05) is 29.3 Å². The molecule has 2 nitrogen and oxygen atoms in total. The summed E-state index contributed by atoms with van der Waals surface area (Å²) in [5.74, 6) is -0.478. The molecule has 6 heteroatoms. The van der Waals surface area contributed by atoms with Gasteiger partial charge in [0.1, 0.15) is 0 Å². The van der Waals surface area contributed by atoms with Crippen LogP contribution in [0.4, 0.5) is 18.9 Å². The average Bonchev–Trinajstić information content (AvgIpc) is 2.39. The van der Waals surface area contributed by atoms with E-state index in [4.69, 9.17) is 11.6 Å². The van der Waals surface area contributed by atoms with Crippen molar-refractivity contribution in [3.05, 3.63) is 64.2 Å². The van der Waals surface area contributed by atoms with Crippen molar-refractivity contribution in [1.29, 1.82) is 0 Å². The second kappa shape index (κ2) is 5.77. The highest BCUT2D eigenvalue weighted by atomic mass is 35.5. The van der Waals surface area contributed by atoms with Crippen LogP contribution in [0, 0.1) is 6.92 Å². The maximum absolute atomic E-state index is 12.7. The molecular weight excluding hydrogens is 303 g/mol. The van der Waals surface area contributed by atoms with Gasteiger partial charge in [-0.05, 0) is 37.3 Å². The van der Waals surface area contributed by atoms with E-state index in [1.165, 1.54) is 6.07 Å². The van der Waals surface area contributed by atoms with Gasteiger partial charge in [-0.3, -0.25) is 4.79 Å². The first kappa shape index (κ1) is 15.4. The van der Waals surface area contributed by atoms with E-state index in [1.807, 2.05) is 13.0 Å². The van der Waals surface area contributed by atoms with Gasteiger partial charge in [0.25, 0.3) is 5.91 Å². The van der Waals surface area contributed by atoms with Gasteiger partial charge in [0, 0.05) is 11.3 Å². The SMILES string of the molecule is Cc1cccc(C(=O)Nc2ccc(Cl)c(C(F)(F)F)c2)c1. The first-order valence-corrected chi connectivity index (χ1v) is 6.40. The second-order valence-corrected chi connectivity index (χ2v) is 4.92. The van der Waals surface area contributed by atoms with Crippen molar-refractivity contribution in [2.24, 2.45) is 0 Å². The van der Waals surface area contributed by atoms with Crippen molar-refractivity contribution in [3.8, 4) is 0 Å². The summed E-state index contributed by atoms with van der Waals surface area (Å²) in [5.41, 5.74) is 0.317. The van der Waals surface area contributed by atoms with Gasteiger partial charge in [0.2, 0.25) is 0 Å². The molecule has 0 saturated heterocycles. The summed E-state index contributed by atoms with van der Waals surface area (Å²) in [4.78, 5) is 12.0. The molecule has 0 aromatic heterocycles. The number of hydrogen-bond acceptors (Lipinski definition) is 1. The molecule has 1 N–H and O–H groups in total. The molecule has 1 amide bonds. The minimum atomic E-state index is -4.57. The van der Waals surface area contributed by atoms with Crippen LogP contribution in [0.1, 0.15) is 21.5 Å². The van der Waals surface area contributed by atoms with Crippen LogP contribution in [0.15, 0.2) is 42.5 Å². The molecule has 110 valence electrons. The number of benzene rings is 2. The molecule has 2 aromatic rings. The number of anilines is 1. The summed E-state index contributed by atoms with van der Waals surface area (Å²) in [7, 11) is 0. The summed E-state index contributed by atoms with van der Waals surface area (Å²) >= 11 is 5.52. The van der Waals surface area contributed by atoms with Gasteiger partial charge in [0.05, 0.1) is 10.6 Å². The van der Waals surface area contributed by atoms with E-state index in [9.17, 15) is 18.0 Å². The Kier molecular flexibility index (Phi) is 4.23. The highest BCUT2D eigenvalue weighted by molar-refractivity contribution is 6.31. The Labute approximate surface area is 124 Å². The third-order valence-corrected chi connectivity index (χ3v) is 3.14. The van der Waals surface area contributed by atoms with E-state index in [2.05, 4.69) is 5.32 Å². The lowest BCUT2D eigenvalue weighted by Crippen LogP contribution is -2.13. The molecule has 0 unspecified atom stereocenters. The summed E-state index contributed by atoms with van der Waals surface area (Å²) in [6, 6.07) is 10.0. The zero-order valence-electron chi connectivity index (χ0n) is 11.0. The number of hydrogen-bond donors (Lipinski definition) is 1. The van der Waals surface area contributed by atoms with Crippen LogP contribution >= 0.6 is 11.6 Å². The van der Waals surface area contributed by atoms with E-state index in [1.54, 1.807) is 18.2 Å². The van der Waals surface area contributed by atoms with E-state index >= 15 is 0 Å². The molecule has 0 fully saturated rings. The highest BCUT2D eigenvalue weighted by Crippen LogP contribution is 2.36. The van der Waals surface area contributed by atoms with Crippen molar-refractivity contribution >= 4 is 23.2 Å². The Hall–Kier alpha value is -2.01. The summed E-state index contributed by atoms with van der Waals surface area (Å²) in [5, 5.41) is 2.02. The fourth-order valence-corrected chi connectivity index (χ4v) is 2.03. The number of amides is 1. The number of rotatable bonds is 2. The normalized spacial score (nSPS) is 11.3. The molecule has 0 bridgehead atoms. The third kappa shape index (κ3) is 3.76. The molecule has 2 rings (SSSR count). The lowest BCUT2D eigenvalue weighted by Gasteiger charge is -2.12. The van der Waals surface area contributed by atoms with Crippen molar-refractivity contribution in [2.75, 3.05) is 5.32 Å². The Bertz CT molecular complexity index is 683. The third-order valence-electron chi connectivity index (χ3n) is 2.81. The number of aryl methyl sites for hydroxylation is 1. The molecule has 0 radical (unpaired) electrons. The van der Waals surface area contributed by atoms with Crippen molar-refractivity contribution in [1.82, 2.24) is 0 Å². The number of carbonyl (C=O) groups excluding carboxylic acids is 1. The maximum atomic E-state index is 12.7.